The first kappa shape index (κ1) is 9.08. The van der Waals surface area contributed by atoms with Gasteiger partial charge in [0.25, 0.3) is 0 Å². The lowest BCUT2D eigenvalue weighted by Gasteiger charge is -1.89. The number of hydrogen-bond acceptors (Lipinski definition) is 2. The van der Waals surface area contributed by atoms with E-state index in [-0.39, 0.29) is 0 Å². The summed E-state index contributed by atoms with van der Waals surface area (Å²) in [6, 6.07) is 0. The maximum atomic E-state index is 4.09. The van der Waals surface area contributed by atoms with Crippen molar-refractivity contribution in [2.75, 3.05) is 6.54 Å². The molecule has 2 heteroatoms. The molecule has 0 bridgehead atoms. The van der Waals surface area contributed by atoms with Gasteiger partial charge in [0.15, 0.2) is 0 Å². The van der Waals surface area contributed by atoms with Crippen molar-refractivity contribution in [3.05, 3.63) is 12.3 Å². The number of nitrogens with zero attached hydrogens (tertiary/aromatic N) is 2. The second-order valence-electron chi connectivity index (χ2n) is 2.18. The van der Waals surface area contributed by atoms with Crippen LogP contribution in [0.5, 0.6) is 0 Å². The minimum Gasteiger partial charge on any atom is -0.291 e. The number of allylic oxidation sites excluding steroid dienone is 1. The van der Waals surface area contributed by atoms with Crippen molar-refractivity contribution in [1.82, 2.24) is 0 Å². The van der Waals surface area contributed by atoms with Crippen molar-refractivity contribution in [3.63, 3.8) is 0 Å². The van der Waals surface area contributed by atoms with Gasteiger partial charge in [0, 0.05) is 18.5 Å². The molecule has 0 aromatic rings. The van der Waals surface area contributed by atoms with Crippen LogP contribution in [0.4, 0.5) is 0 Å². The van der Waals surface area contributed by atoms with Crippen LogP contribution in [0.2, 0.25) is 0 Å². The molecule has 2 nitrogen and oxygen atoms in total. The molecule has 0 saturated carbocycles. The fraction of sp³-hybridized carbons (Fsp3) is 0.500. The average molecular weight is 138 g/mol. The molecule has 0 saturated heterocycles. The van der Waals surface area contributed by atoms with Crippen LogP contribution < -0.4 is 0 Å². The predicted octanol–water partition coefficient (Wildman–Crippen LogP) is 2.07. The molecule has 0 fully saturated rings. The fourth-order valence-electron chi connectivity index (χ4n) is 0.513. The standard InChI is InChI=1S/C8H14N2/c1-5-9-6-8(4)10-7(2)3/h6H,4-5H2,1-3H3. The van der Waals surface area contributed by atoms with Crippen molar-refractivity contribution in [2.45, 2.75) is 20.8 Å². The molecular weight excluding hydrogens is 124 g/mol. The molecule has 0 aromatic heterocycles. The summed E-state index contributed by atoms with van der Waals surface area (Å²) in [5.74, 6) is 0. The largest absolute Gasteiger partial charge is 0.291 e. The monoisotopic (exact) mass is 138 g/mol. The first-order valence-electron chi connectivity index (χ1n) is 3.37. The van der Waals surface area contributed by atoms with Crippen molar-refractivity contribution in [1.29, 1.82) is 0 Å². The zero-order valence-electron chi connectivity index (χ0n) is 6.89. The number of rotatable bonds is 3. The Morgan fingerprint density at radius 3 is 2.50 bits per heavy atom. The van der Waals surface area contributed by atoms with E-state index in [0.717, 1.165) is 18.0 Å². The smallest absolute Gasteiger partial charge is 0.0735 e. The summed E-state index contributed by atoms with van der Waals surface area (Å²) in [5, 5.41) is 0. The van der Waals surface area contributed by atoms with Crippen LogP contribution in [0, 0.1) is 0 Å². The predicted molar refractivity (Wildman–Crippen MR) is 47.0 cm³/mol. The van der Waals surface area contributed by atoms with Crippen LogP contribution in [0.3, 0.4) is 0 Å². The third kappa shape index (κ3) is 5.22. The minimum absolute atomic E-state index is 0.724. The van der Waals surface area contributed by atoms with E-state index in [2.05, 4.69) is 16.6 Å². The van der Waals surface area contributed by atoms with Gasteiger partial charge in [0.1, 0.15) is 0 Å². The molecular formula is C8H14N2. The normalized spacial score (nSPS) is 9.90. The van der Waals surface area contributed by atoms with Gasteiger partial charge in [0.05, 0.1) is 5.70 Å². The highest BCUT2D eigenvalue weighted by Crippen LogP contribution is 1.88. The molecule has 0 aromatic carbocycles. The average Bonchev–Trinajstić information content (AvgIpc) is 1.82. The van der Waals surface area contributed by atoms with Gasteiger partial charge in [-0.15, -0.1) is 0 Å². The highest BCUT2D eigenvalue weighted by atomic mass is 14.8. The van der Waals surface area contributed by atoms with Crippen molar-refractivity contribution >= 4 is 11.9 Å². The summed E-state index contributed by atoms with van der Waals surface area (Å²) in [5.41, 5.74) is 1.73. The molecule has 10 heavy (non-hydrogen) atoms. The van der Waals surface area contributed by atoms with Gasteiger partial charge in [-0.05, 0) is 20.8 Å². The Balaban J connectivity index is 3.87. The number of hydrogen-bond donors (Lipinski definition) is 0. The van der Waals surface area contributed by atoms with Crippen LogP contribution in [0.1, 0.15) is 20.8 Å². The fourth-order valence-corrected chi connectivity index (χ4v) is 0.513. The SMILES string of the molecule is C=C(C=NCC)N=C(C)C. The maximum absolute atomic E-state index is 4.09. The molecule has 0 rings (SSSR count). The van der Waals surface area contributed by atoms with E-state index in [4.69, 9.17) is 0 Å². The number of aliphatic imine (C=N–C) groups is 2. The first-order chi connectivity index (χ1) is 4.66. The lowest BCUT2D eigenvalue weighted by atomic mass is 10.4. The van der Waals surface area contributed by atoms with E-state index in [1.54, 1.807) is 6.21 Å². The van der Waals surface area contributed by atoms with Crippen LogP contribution in [-0.2, 0) is 0 Å². The molecule has 0 unspecified atom stereocenters. The zero-order chi connectivity index (χ0) is 7.98. The zero-order valence-corrected chi connectivity index (χ0v) is 6.89. The molecule has 0 aliphatic heterocycles. The van der Waals surface area contributed by atoms with Crippen LogP contribution in [-0.4, -0.2) is 18.5 Å². The Kier molecular flexibility index (Phi) is 4.46. The molecule has 0 N–H and O–H groups in total. The quantitative estimate of drug-likeness (QED) is 0.533. The molecule has 0 aliphatic carbocycles. The Labute approximate surface area is 62.4 Å². The Bertz CT molecular complexity index is 162. The van der Waals surface area contributed by atoms with Gasteiger partial charge < -0.3 is 0 Å². The molecule has 0 spiro atoms. The van der Waals surface area contributed by atoms with Crippen molar-refractivity contribution in [3.8, 4) is 0 Å². The van der Waals surface area contributed by atoms with Gasteiger partial charge in [-0.1, -0.05) is 6.58 Å². The summed E-state index contributed by atoms with van der Waals surface area (Å²) >= 11 is 0. The van der Waals surface area contributed by atoms with E-state index in [9.17, 15) is 0 Å². The van der Waals surface area contributed by atoms with Gasteiger partial charge in [-0.25, -0.2) is 0 Å². The van der Waals surface area contributed by atoms with Gasteiger partial charge >= 0.3 is 0 Å². The lowest BCUT2D eigenvalue weighted by Crippen LogP contribution is -1.85. The first-order valence-corrected chi connectivity index (χ1v) is 3.37. The van der Waals surface area contributed by atoms with Crippen LogP contribution >= 0.6 is 0 Å². The lowest BCUT2D eigenvalue weighted by molar-refractivity contribution is 1.14. The summed E-state index contributed by atoms with van der Waals surface area (Å²) in [6.07, 6.45) is 1.69. The van der Waals surface area contributed by atoms with E-state index < -0.39 is 0 Å². The molecule has 56 valence electrons. The van der Waals surface area contributed by atoms with Crippen LogP contribution in [0.15, 0.2) is 22.3 Å². The summed E-state index contributed by atoms with van der Waals surface area (Å²) in [7, 11) is 0. The summed E-state index contributed by atoms with van der Waals surface area (Å²) in [6.45, 7) is 10.3. The topological polar surface area (TPSA) is 24.7 Å². The van der Waals surface area contributed by atoms with E-state index in [0.29, 0.717) is 0 Å². The summed E-state index contributed by atoms with van der Waals surface area (Å²) < 4.78 is 0. The second-order valence-corrected chi connectivity index (χ2v) is 2.18. The van der Waals surface area contributed by atoms with E-state index in [1.807, 2.05) is 20.8 Å². The van der Waals surface area contributed by atoms with Gasteiger partial charge in [-0.2, -0.15) is 0 Å². The Morgan fingerprint density at radius 1 is 1.50 bits per heavy atom. The van der Waals surface area contributed by atoms with E-state index in [1.165, 1.54) is 0 Å². The molecule has 0 atom stereocenters. The molecule has 0 amide bonds. The Hall–Kier alpha value is -0.920. The highest BCUT2D eigenvalue weighted by Gasteiger charge is 1.81. The summed E-state index contributed by atoms with van der Waals surface area (Å²) in [4.78, 5) is 8.08. The second kappa shape index (κ2) is 4.91. The van der Waals surface area contributed by atoms with Crippen molar-refractivity contribution in [2.24, 2.45) is 9.98 Å². The molecule has 0 aliphatic rings. The van der Waals surface area contributed by atoms with Crippen molar-refractivity contribution < 1.29 is 0 Å². The molecule has 0 heterocycles. The maximum Gasteiger partial charge on any atom is 0.0735 e. The van der Waals surface area contributed by atoms with E-state index >= 15 is 0 Å². The molecule has 0 radical (unpaired) electrons. The van der Waals surface area contributed by atoms with Gasteiger partial charge in [0.2, 0.25) is 0 Å². The minimum atomic E-state index is 0.724. The van der Waals surface area contributed by atoms with Gasteiger partial charge in [-0.3, -0.25) is 9.98 Å². The van der Waals surface area contributed by atoms with Crippen LogP contribution in [0.25, 0.3) is 0 Å². The third-order valence-electron chi connectivity index (χ3n) is 0.790. The third-order valence-corrected chi connectivity index (χ3v) is 0.790. The Morgan fingerprint density at radius 2 is 2.10 bits per heavy atom. The highest BCUT2D eigenvalue weighted by molar-refractivity contribution is 5.86.